The number of hydrogen-bond acceptors (Lipinski definition) is 4. The molecule has 0 spiro atoms. The number of carbonyl (C=O) groups is 2. The lowest BCUT2D eigenvalue weighted by Crippen LogP contribution is -2.29. The Kier molecular flexibility index (Phi) is 3.33. The van der Waals surface area contributed by atoms with Crippen LogP contribution in [0.5, 0.6) is 5.88 Å². The van der Waals surface area contributed by atoms with E-state index in [0.29, 0.717) is 16.5 Å². The van der Waals surface area contributed by atoms with E-state index in [1.165, 1.54) is 13.1 Å². The average molecular weight is 319 g/mol. The van der Waals surface area contributed by atoms with Gasteiger partial charge in [-0.1, -0.05) is 37.6 Å². The van der Waals surface area contributed by atoms with Gasteiger partial charge in [-0.2, -0.15) is 0 Å². The zero-order chi connectivity index (χ0) is 16.1. The number of ether oxygens (including phenoxy) is 1. The van der Waals surface area contributed by atoms with Crippen molar-refractivity contribution in [3.8, 4) is 5.88 Å². The first-order chi connectivity index (χ1) is 10.3. The molecule has 0 radical (unpaired) electrons. The van der Waals surface area contributed by atoms with Gasteiger partial charge in [-0.3, -0.25) is 14.2 Å². The Morgan fingerprint density at radius 3 is 2.82 bits per heavy atom. The van der Waals surface area contributed by atoms with E-state index in [2.05, 4.69) is 4.98 Å². The number of imidazole rings is 1. The van der Waals surface area contributed by atoms with Crippen LogP contribution < -0.4 is 4.74 Å². The Morgan fingerprint density at radius 1 is 1.41 bits per heavy atom. The highest BCUT2D eigenvalue weighted by molar-refractivity contribution is 6.34. The smallest absolute Gasteiger partial charge is 0.309 e. The van der Waals surface area contributed by atoms with Crippen LogP contribution in [0.1, 0.15) is 42.7 Å². The molecule has 0 saturated heterocycles. The van der Waals surface area contributed by atoms with E-state index in [0.717, 1.165) is 5.56 Å². The fourth-order valence-electron chi connectivity index (χ4n) is 3.05. The van der Waals surface area contributed by atoms with Gasteiger partial charge in [-0.15, -0.1) is 0 Å². The summed E-state index contributed by atoms with van der Waals surface area (Å²) in [6, 6.07) is 5.06. The van der Waals surface area contributed by atoms with Crippen molar-refractivity contribution in [3.05, 3.63) is 46.9 Å². The van der Waals surface area contributed by atoms with E-state index in [1.54, 1.807) is 17.0 Å². The Balaban J connectivity index is 2.20. The molecule has 1 aromatic carbocycles. The van der Waals surface area contributed by atoms with Gasteiger partial charge in [-0.05, 0) is 11.6 Å². The summed E-state index contributed by atoms with van der Waals surface area (Å²) < 4.78 is 6.90. The minimum absolute atomic E-state index is 0.0272. The second-order valence-corrected chi connectivity index (χ2v) is 6.30. The zero-order valence-electron chi connectivity index (χ0n) is 12.5. The number of nitrogens with zero attached hydrogens (tertiary/aromatic N) is 2. The van der Waals surface area contributed by atoms with Gasteiger partial charge in [0.25, 0.3) is 0 Å². The van der Waals surface area contributed by atoms with Crippen LogP contribution in [0.3, 0.4) is 0 Å². The van der Waals surface area contributed by atoms with Gasteiger partial charge in [0.2, 0.25) is 5.88 Å². The fourth-order valence-corrected chi connectivity index (χ4v) is 3.32. The fraction of sp³-hybridized carbons (Fsp3) is 0.312. The van der Waals surface area contributed by atoms with E-state index in [9.17, 15) is 9.59 Å². The highest BCUT2D eigenvalue weighted by atomic mass is 35.5. The number of hydrogen-bond donors (Lipinski definition) is 0. The van der Waals surface area contributed by atoms with Crippen molar-refractivity contribution in [1.29, 1.82) is 0 Å². The maximum atomic E-state index is 12.8. The van der Waals surface area contributed by atoms with Crippen LogP contribution in [0.25, 0.3) is 0 Å². The number of halogens is 1. The molecule has 1 aromatic heterocycles. The summed E-state index contributed by atoms with van der Waals surface area (Å²) in [6.07, 6.45) is 3.03. The van der Waals surface area contributed by atoms with Crippen molar-refractivity contribution in [3.63, 3.8) is 0 Å². The van der Waals surface area contributed by atoms with E-state index in [1.807, 2.05) is 26.0 Å². The number of carbonyl (C=O) groups excluding carboxylic acids is 2. The van der Waals surface area contributed by atoms with Crippen molar-refractivity contribution in [2.75, 3.05) is 0 Å². The summed E-state index contributed by atoms with van der Waals surface area (Å²) in [5.41, 5.74) is 0.624. The highest BCUT2D eigenvalue weighted by Crippen LogP contribution is 2.50. The number of benzene rings is 1. The van der Waals surface area contributed by atoms with Crippen LogP contribution >= 0.6 is 11.6 Å². The molecule has 22 heavy (non-hydrogen) atoms. The van der Waals surface area contributed by atoms with Crippen LogP contribution in [0.2, 0.25) is 5.02 Å². The van der Waals surface area contributed by atoms with E-state index >= 15 is 0 Å². The number of rotatable bonds is 2. The van der Waals surface area contributed by atoms with Gasteiger partial charge < -0.3 is 4.74 Å². The van der Waals surface area contributed by atoms with E-state index in [-0.39, 0.29) is 11.8 Å². The molecule has 0 N–H and O–H groups in total. The SMILES string of the molecule is CC(=O)Oc1cncn1C1c2cccc(Cl)c2C(=O)C1(C)C. The molecule has 0 amide bonds. The van der Waals surface area contributed by atoms with Gasteiger partial charge in [0.1, 0.15) is 0 Å². The summed E-state index contributed by atoms with van der Waals surface area (Å²) in [6.45, 7) is 5.04. The Hall–Kier alpha value is -2.14. The molecule has 1 atom stereocenters. The average Bonchev–Trinajstić information content (AvgIpc) is 2.92. The van der Waals surface area contributed by atoms with Crippen LogP contribution in [-0.2, 0) is 4.79 Å². The maximum Gasteiger partial charge on any atom is 0.309 e. The topological polar surface area (TPSA) is 61.2 Å². The number of ketones is 1. The number of aromatic nitrogens is 2. The Bertz CT molecular complexity index is 779. The van der Waals surface area contributed by atoms with Crippen molar-refractivity contribution in [1.82, 2.24) is 9.55 Å². The third-order valence-corrected chi connectivity index (χ3v) is 4.31. The molecule has 5 nitrogen and oxygen atoms in total. The largest absolute Gasteiger partial charge is 0.408 e. The summed E-state index contributed by atoms with van der Waals surface area (Å²) in [5, 5.41) is 0.437. The lowest BCUT2D eigenvalue weighted by Gasteiger charge is -2.28. The molecule has 1 aliphatic rings. The van der Waals surface area contributed by atoms with Crippen LogP contribution in [0.15, 0.2) is 30.7 Å². The maximum absolute atomic E-state index is 12.8. The molecule has 0 bridgehead atoms. The van der Waals surface area contributed by atoms with Gasteiger partial charge in [0, 0.05) is 12.5 Å². The van der Waals surface area contributed by atoms with Crippen LogP contribution in [0, 0.1) is 5.41 Å². The predicted molar refractivity (Wildman–Crippen MR) is 81.2 cm³/mol. The summed E-state index contributed by atoms with van der Waals surface area (Å²) in [4.78, 5) is 28.1. The molecule has 0 saturated carbocycles. The third kappa shape index (κ3) is 2.04. The predicted octanol–water partition coefficient (Wildman–Crippen LogP) is 3.27. The van der Waals surface area contributed by atoms with Crippen LogP contribution in [0.4, 0.5) is 0 Å². The number of Topliss-reactive ketones (excluding diaryl/α,β-unsaturated/α-hetero) is 1. The number of esters is 1. The first kappa shape index (κ1) is 14.8. The second kappa shape index (κ2) is 4.95. The Labute approximate surface area is 132 Å². The summed E-state index contributed by atoms with van der Waals surface area (Å²) >= 11 is 6.21. The molecule has 114 valence electrons. The Morgan fingerprint density at radius 2 is 2.14 bits per heavy atom. The first-order valence-electron chi connectivity index (χ1n) is 6.87. The third-order valence-electron chi connectivity index (χ3n) is 3.99. The molecule has 1 heterocycles. The lowest BCUT2D eigenvalue weighted by atomic mass is 9.84. The summed E-state index contributed by atoms with van der Waals surface area (Å²) in [5.74, 6) is -0.151. The molecule has 6 heteroatoms. The van der Waals surface area contributed by atoms with Crippen molar-refractivity contribution < 1.29 is 14.3 Å². The van der Waals surface area contributed by atoms with E-state index < -0.39 is 11.4 Å². The van der Waals surface area contributed by atoms with Crippen molar-refractivity contribution >= 4 is 23.4 Å². The monoisotopic (exact) mass is 318 g/mol. The van der Waals surface area contributed by atoms with Gasteiger partial charge >= 0.3 is 5.97 Å². The molecule has 1 unspecified atom stereocenters. The van der Waals surface area contributed by atoms with Crippen molar-refractivity contribution in [2.45, 2.75) is 26.8 Å². The van der Waals surface area contributed by atoms with Gasteiger partial charge in [0.05, 0.1) is 29.0 Å². The minimum atomic E-state index is -0.719. The molecule has 2 aromatic rings. The van der Waals surface area contributed by atoms with Gasteiger partial charge in [-0.25, -0.2) is 4.98 Å². The molecule has 3 rings (SSSR count). The van der Waals surface area contributed by atoms with Crippen molar-refractivity contribution in [2.24, 2.45) is 5.41 Å². The molecule has 0 aliphatic heterocycles. The lowest BCUT2D eigenvalue weighted by molar-refractivity contribution is -0.132. The minimum Gasteiger partial charge on any atom is -0.408 e. The summed E-state index contributed by atoms with van der Waals surface area (Å²) in [7, 11) is 0. The first-order valence-corrected chi connectivity index (χ1v) is 7.25. The quantitative estimate of drug-likeness (QED) is 0.797. The molecule has 0 fully saturated rings. The highest BCUT2D eigenvalue weighted by Gasteiger charge is 2.49. The molecular weight excluding hydrogens is 304 g/mol. The number of fused-ring (bicyclic) bond motifs is 1. The molecule has 1 aliphatic carbocycles. The normalized spacial score (nSPS) is 19.1. The standard InChI is InChI=1S/C16H15ClN2O3/c1-9(20)22-12-7-18-8-19(12)14-10-5-4-6-11(17)13(10)15(21)16(14,2)3/h4-8,14H,1-3H3. The zero-order valence-corrected chi connectivity index (χ0v) is 13.2. The molecular formula is C16H15ClN2O3. The second-order valence-electron chi connectivity index (χ2n) is 5.89. The van der Waals surface area contributed by atoms with Gasteiger partial charge in [0.15, 0.2) is 5.78 Å². The van der Waals surface area contributed by atoms with E-state index in [4.69, 9.17) is 16.3 Å². The van der Waals surface area contributed by atoms with Crippen LogP contribution in [-0.4, -0.2) is 21.3 Å².